The highest BCUT2D eigenvalue weighted by Gasteiger charge is 2.34. The van der Waals surface area contributed by atoms with Crippen molar-refractivity contribution in [1.82, 2.24) is 18.8 Å². The summed E-state index contributed by atoms with van der Waals surface area (Å²) in [4.78, 5) is 19.9. The van der Waals surface area contributed by atoms with Crippen LogP contribution in [0, 0.1) is 0 Å². The molecule has 0 fully saturated rings. The number of ether oxygens (including phenoxy) is 1. The number of unbranched alkanes of at least 4 members (excludes halogenated alkanes) is 1. The molecule has 1 aromatic carbocycles. The lowest BCUT2D eigenvalue weighted by molar-refractivity contribution is -0.274. The van der Waals surface area contributed by atoms with Gasteiger partial charge in [-0.3, -0.25) is 0 Å². The third-order valence-electron chi connectivity index (χ3n) is 4.36. The van der Waals surface area contributed by atoms with Crippen LogP contribution in [-0.4, -0.2) is 51.4 Å². The Kier molecular flexibility index (Phi) is 7.27. The largest absolute Gasteiger partial charge is 0.573 e. The molecule has 0 aliphatic carbocycles. The van der Waals surface area contributed by atoms with Gasteiger partial charge in [0.25, 0.3) is 10.0 Å². The molecule has 0 bridgehead atoms. The molecule has 0 atom stereocenters. The number of thiazole rings is 1. The molecule has 0 saturated heterocycles. The first-order chi connectivity index (χ1) is 15.5. The van der Waals surface area contributed by atoms with Gasteiger partial charge < -0.3 is 14.4 Å². The third kappa shape index (κ3) is 6.01. The van der Waals surface area contributed by atoms with Gasteiger partial charge in [-0.05, 0) is 24.6 Å². The predicted octanol–water partition coefficient (Wildman–Crippen LogP) is 4.42. The zero-order valence-electron chi connectivity index (χ0n) is 17.2. The Morgan fingerprint density at radius 1 is 1.33 bits per heavy atom. The topological polar surface area (TPSA) is 115 Å². The summed E-state index contributed by atoms with van der Waals surface area (Å²) < 4.78 is 70.6. The van der Waals surface area contributed by atoms with E-state index in [2.05, 4.69) is 14.7 Å². The van der Waals surface area contributed by atoms with Crippen LogP contribution in [0.25, 0.3) is 10.6 Å². The molecule has 3 rings (SSSR count). The number of imidazole rings is 1. The molecule has 3 aromatic rings. The van der Waals surface area contributed by atoms with E-state index in [1.54, 1.807) is 30.2 Å². The molecule has 2 heterocycles. The fourth-order valence-corrected chi connectivity index (χ4v) is 5.40. The van der Waals surface area contributed by atoms with E-state index in [4.69, 9.17) is 0 Å². The SMILES string of the molecule is CCCCN(C(=O)O)S(=O)(=O)c1ccc(OC(F)(F)F)cc1-c1ncc(Cn2ccnc2)s1. The molecule has 14 heteroatoms. The normalized spacial score (nSPS) is 12.0. The Morgan fingerprint density at radius 2 is 2.09 bits per heavy atom. The first kappa shape index (κ1) is 24.5. The van der Waals surface area contributed by atoms with Crippen molar-refractivity contribution in [2.75, 3.05) is 6.54 Å². The molecule has 0 unspecified atom stereocenters. The zero-order valence-corrected chi connectivity index (χ0v) is 18.8. The minimum absolute atomic E-state index is 0.0946. The summed E-state index contributed by atoms with van der Waals surface area (Å²) in [5.41, 5.74) is -0.193. The summed E-state index contributed by atoms with van der Waals surface area (Å²) in [6.07, 6.45) is 0.418. The lowest BCUT2D eigenvalue weighted by Crippen LogP contribution is -2.36. The average Bonchev–Trinajstić information content (AvgIpc) is 3.39. The summed E-state index contributed by atoms with van der Waals surface area (Å²) in [6, 6.07) is 2.61. The molecule has 0 aliphatic heterocycles. The summed E-state index contributed by atoms with van der Waals surface area (Å²) in [5.74, 6) is -0.654. The van der Waals surface area contributed by atoms with E-state index in [0.29, 0.717) is 17.8 Å². The fraction of sp³-hybridized carbons (Fsp3) is 0.316. The maximum absolute atomic E-state index is 13.2. The Labute approximate surface area is 191 Å². The van der Waals surface area contributed by atoms with Gasteiger partial charge in [0.2, 0.25) is 0 Å². The van der Waals surface area contributed by atoms with Crippen molar-refractivity contribution in [3.63, 3.8) is 0 Å². The van der Waals surface area contributed by atoms with E-state index < -0.39 is 33.1 Å². The number of aromatic nitrogens is 3. The maximum atomic E-state index is 13.2. The van der Waals surface area contributed by atoms with E-state index in [0.717, 1.165) is 29.5 Å². The molecular weight excluding hydrogens is 485 g/mol. The molecule has 1 amide bonds. The highest BCUT2D eigenvalue weighted by molar-refractivity contribution is 7.89. The van der Waals surface area contributed by atoms with Gasteiger partial charge >= 0.3 is 12.5 Å². The number of sulfonamides is 1. The molecule has 33 heavy (non-hydrogen) atoms. The number of halogens is 3. The van der Waals surface area contributed by atoms with Crippen LogP contribution in [0.3, 0.4) is 0 Å². The number of carboxylic acid groups (broad SMARTS) is 1. The van der Waals surface area contributed by atoms with Crippen LogP contribution < -0.4 is 4.74 Å². The van der Waals surface area contributed by atoms with Crippen molar-refractivity contribution in [1.29, 1.82) is 0 Å². The van der Waals surface area contributed by atoms with E-state index in [-0.39, 0.29) is 27.8 Å². The predicted molar refractivity (Wildman–Crippen MR) is 112 cm³/mol. The monoisotopic (exact) mass is 504 g/mol. The smallest absolute Gasteiger partial charge is 0.464 e. The number of alkyl halides is 3. The number of hydrogen-bond acceptors (Lipinski definition) is 7. The lowest BCUT2D eigenvalue weighted by Gasteiger charge is -2.21. The van der Waals surface area contributed by atoms with Crippen molar-refractivity contribution in [3.8, 4) is 16.3 Å². The number of benzene rings is 1. The Balaban J connectivity index is 2.08. The minimum atomic E-state index is -5.00. The van der Waals surface area contributed by atoms with Gasteiger partial charge in [-0.25, -0.2) is 27.5 Å². The quantitative estimate of drug-likeness (QED) is 0.459. The van der Waals surface area contributed by atoms with Gasteiger partial charge in [-0.15, -0.1) is 24.5 Å². The molecule has 9 nitrogen and oxygen atoms in total. The second-order valence-electron chi connectivity index (χ2n) is 6.79. The number of carbonyl (C=O) groups is 1. The van der Waals surface area contributed by atoms with Crippen LogP contribution in [0.4, 0.5) is 18.0 Å². The molecule has 1 N–H and O–H groups in total. The first-order valence-electron chi connectivity index (χ1n) is 9.57. The Hall–Kier alpha value is -3.13. The van der Waals surface area contributed by atoms with Crippen LogP contribution in [0.5, 0.6) is 5.75 Å². The number of rotatable bonds is 9. The van der Waals surface area contributed by atoms with Gasteiger partial charge in [-0.1, -0.05) is 13.3 Å². The summed E-state index contributed by atoms with van der Waals surface area (Å²) in [7, 11) is -4.60. The summed E-state index contributed by atoms with van der Waals surface area (Å²) in [5, 5.41) is 9.56. The molecule has 0 aliphatic rings. The molecule has 0 saturated carbocycles. The lowest BCUT2D eigenvalue weighted by atomic mass is 10.2. The number of hydrogen-bond donors (Lipinski definition) is 1. The van der Waals surface area contributed by atoms with Crippen molar-refractivity contribution >= 4 is 27.5 Å². The average molecular weight is 505 g/mol. The fourth-order valence-electron chi connectivity index (χ4n) is 2.90. The van der Waals surface area contributed by atoms with Crippen LogP contribution in [0.15, 0.2) is 48.0 Å². The van der Waals surface area contributed by atoms with Gasteiger partial charge in [0.15, 0.2) is 0 Å². The Morgan fingerprint density at radius 3 is 2.70 bits per heavy atom. The van der Waals surface area contributed by atoms with Gasteiger partial charge in [0.1, 0.15) is 10.8 Å². The van der Waals surface area contributed by atoms with E-state index in [1.807, 2.05) is 0 Å². The van der Waals surface area contributed by atoms with E-state index >= 15 is 0 Å². The highest BCUT2D eigenvalue weighted by Crippen LogP contribution is 2.37. The summed E-state index contributed by atoms with van der Waals surface area (Å²) in [6.45, 7) is 1.83. The van der Waals surface area contributed by atoms with Crippen molar-refractivity contribution in [3.05, 3.63) is 48.0 Å². The Bertz CT molecular complexity index is 1210. The molecule has 178 valence electrons. The number of nitrogens with zero attached hydrogens (tertiary/aromatic N) is 4. The van der Waals surface area contributed by atoms with Crippen molar-refractivity contribution in [2.45, 2.75) is 37.6 Å². The summed E-state index contributed by atoms with van der Waals surface area (Å²) >= 11 is 1.05. The second-order valence-corrected chi connectivity index (χ2v) is 9.73. The number of amides is 1. The van der Waals surface area contributed by atoms with Crippen molar-refractivity contribution in [2.24, 2.45) is 0 Å². The van der Waals surface area contributed by atoms with Crippen LogP contribution in [0.1, 0.15) is 24.6 Å². The molecule has 2 aromatic heterocycles. The van der Waals surface area contributed by atoms with Gasteiger partial charge in [0.05, 0.1) is 17.8 Å². The van der Waals surface area contributed by atoms with Gasteiger partial charge in [-0.2, -0.15) is 0 Å². The van der Waals surface area contributed by atoms with E-state index in [1.165, 1.54) is 6.20 Å². The molecular formula is C19H19F3N4O5S2. The minimum Gasteiger partial charge on any atom is -0.464 e. The first-order valence-corrected chi connectivity index (χ1v) is 11.8. The van der Waals surface area contributed by atoms with Crippen LogP contribution in [0.2, 0.25) is 0 Å². The zero-order chi connectivity index (χ0) is 24.2. The third-order valence-corrected chi connectivity index (χ3v) is 7.21. The maximum Gasteiger partial charge on any atom is 0.573 e. The standard InChI is InChI=1S/C19H19F3N4O5S2/c1-2-3-7-26(18(27)28)33(29,30)16-5-4-13(31-19(20,21)22)9-15(16)17-24-10-14(32-17)11-25-8-6-23-12-25/h4-6,8-10,12H,2-3,7,11H2,1H3,(H,27,28). The highest BCUT2D eigenvalue weighted by atomic mass is 32.2. The van der Waals surface area contributed by atoms with Crippen LogP contribution in [-0.2, 0) is 16.6 Å². The van der Waals surface area contributed by atoms with Crippen LogP contribution >= 0.6 is 11.3 Å². The second kappa shape index (κ2) is 9.79. The molecule has 0 radical (unpaired) electrons. The van der Waals surface area contributed by atoms with Gasteiger partial charge in [0, 0.05) is 35.6 Å². The van der Waals surface area contributed by atoms with E-state index in [9.17, 15) is 31.5 Å². The molecule has 0 spiro atoms. The van der Waals surface area contributed by atoms with Crippen molar-refractivity contribution < 1.29 is 36.2 Å².